The number of rotatable bonds is 2. The van der Waals surface area contributed by atoms with Crippen LogP contribution in [0.4, 0.5) is 0 Å². The van der Waals surface area contributed by atoms with Crippen LogP contribution in [-0.4, -0.2) is 10.3 Å². The predicted molar refractivity (Wildman–Crippen MR) is 63.6 cm³/mol. The van der Waals surface area contributed by atoms with Crippen LogP contribution in [0.15, 0.2) is 66.0 Å². The van der Waals surface area contributed by atoms with E-state index in [0.717, 1.165) is 17.1 Å². The van der Waals surface area contributed by atoms with Crippen LogP contribution in [0.5, 0.6) is 0 Å². The van der Waals surface area contributed by atoms with Gasteiger partial charge in [-0.2, -0.15) is 5.43 Å². The first-order valence-electron chi connectivity index (χ1n) is 5.13. The monoisotopic (exact) mass is 208 g/mol. The van der Waals surface area contributed by atoms with E-state index in [1.807, 2.05) is 42.6 Å². The lowest BCUT2D eigenvalue weighted by Gasteiger charge is -2.07. The van der Waals surface area contributed by atoms with Gasteiger partial charge in [-0.1, -0.05) is 18.2 Å². The molecule has 2 heterocycles. The molecule has 3 heteroatoms. The van der Waals surface area contributed by atoms with Crippen LogP contribution in [-0.2, 0) is 0 Å². The summed E-state index contributed by atoms with van der Waals surface area (Å²) in [6, 6.07) is 14.2. The maximum Gasteiger partial charge on any atom is 0.111 e. The molecule has 1 aromatic heterocycles. The number of nitrogens with zero attached hydrogens (tertiary/aromatic N) is 3. The van der Waals surface area contributed by atoms with Gasteiger partial charge in [0.25, 0.3) is 0 Å². The molecule has 77 valence electrons. The highest BCUT2D eigenvalue weighted by molar-refractivity contribution is 6.08. The van der Waals surface area contributed by atoms with Crippen molar-refractivity contribution in [3.05, 3.63) is 66.6 Å². The molecule has 0 unspecified atom stereocenters. The zero-order valence-electron chi connectivity index (χ0n) is 8.62. The molecule has 2 aromatic rings. The second kappa shape index (κ2) is 3.70. The van der Waals surface area contributed by atoms with Crippen LogP contribution in [0.3, 0.4) is 0 Å². The molecule has 0 spiro atoms. The van der Waals surface area contributed by atoms with Gasteiger partial charge in [0, 0.05) is 11.9 Å². The number of allylic oxidation sites excluding steroid dienone is 1. The predicted octanol–water partition coefficient (Wildman–Crippen LogP) is 2.31. The quantitative estimate of drug-likeness (QED) is 0.725. The average molecular weight is 208 g/mol. The van der Waals surface area contributed by atoms with Crippen LogP contribution in [0.1, 0.15) is 5.69 Å². The molecule has 0 atom stereocenters. The summed E-state index contributed by atoms with van der Waals surface area (Å²) in [7, 11) is 0. The third-order valence-electron chi connectivity index (χ3n) is 2.51. The molecule has 0 bridgehead atoms. The van der Waals surface area contributed by atoms with Gasteiger partial charge in [-0.3, -0.25) is 0 Å². The van der Waals surface area contributed by atoms with Crippen molar-refractivity contribution >= 4 is 5.71 Å². The summed E-state index contributed by atoms with van der Waals surface area (Å²) in [4.78, 5) is 0. The molecule has 0 amide bonds. The topological polar surface area (TPSA) is 31.4 Å². The molecule has 3 rings (SSSR count). The van der Waals surface area contributed by atoms with Crippen LogP contribution >= 0.6 is 0 Å². The summed E-state index contributed by atoms with van der Waals surface area (Å²) in [5, 5.41) is 4.07. The molecule has 1 aliphatic rings. The molecule has 3 nitrogen and oxygen atoms in total. The van der Waals surface area contributed by atoms with Crippen LogP contribution < -0.4 is 5.43 Å². The molecule has 16 heavy (non-hydrogen) atoms. The summed E-state index contributed by atoms with van der Waals surface area (Å²) >= 11 is 0. The highest BCUT2D eigenvalue weighted by Gasteiger charge is 2.10. The lowest BCUT2D eigenvalue weighted by Crippen LogP contribution is -2.04. The van der Waals surface area contributed by atoms with Gasteiger partial charge in [-0.15, -0.1) is 5.10 Å². The van der Waals surface area contributed by atoms with Crippen LogP contribution in [0, 0.1) is 0 Å². The molecular weight excluding hydrogens is 198 g/mol. The maximum atomic E-state index is 4.07. The Morgan fingerprint density at radius 2 is 1.81 bits per heavy atom. The van der Waals surface area contributed by atoms with Gasteiger partial charge in [0.2, 0.25) is 0 Å². The lowest BCUT2D eigenvalue weighted by molar-refractivity contribution is 0.966. The fraction of sp³-hybridized carbons (Fsp3) is 0. The summed E-state index contributed by atoms with van der Waals surface area (Å²) < 4.78 is 2.10. The highest BCUT2D eigenvalue weighted by Crippen LogP contribution is 2.14. The fourth-order valence-corrected chi connectivity index (χ4v) is 1.77. The Balaban J connectivity index is 2.09. The Morgan fingerprint density at radius 3 is 2.56 bits per heavy atom. The third-order valence-corrected chi connectivity index (χ3v) is 2.51. The minimum atomic E-state index is 0.897. The molecule has 0 saturated carbocycles. The number of aromatic nitrogens is 1. The summed E-state index contributed by atoms with van der Waals surface area (Å²) in [5.41, 5.74) is 6.94. The van der Waals surface area contributed by atoms with Crippen molar-refractivity contribution < 1.29 is 0 Å². The van der Waals surface area contributed by atoms with Gasteiger partial charge >= 0.3 is 0 Å². The first kappa shape index (κ1) is 8.97. The minimum Gasteiger partial charge on any atom is -0.315 e. The molecule has 1 aliphatic heterocycles. The Bertz CT molecular complexity index is 550. The first-order valence-corrected chi connectivity index (χ1v) is 5.13. The molecular formula is C13H10N3. The maximum absolute atomic E-state index is 4.07. The minimum absolute atomic E-state index is 0.897. The van der Waals surface area contributed by atoms with E-state index in [9.17, 15) is 0 Å². The SMILES string of the molecule is C1=CC(c2cccn2-c2ccccc2)=N[N]1. The van der Waals surface area contributed by atoms with Crippen molar-refractivity contribution in [1.29, 1.82) is 0 Å². The first-order chi connectivity index (χ1) is 7.95. The fourth-order valence-electron chi connectivity index (χ4n) is 1.77. The van der Waals surface area contributed by atoms with E-state index in [1.54, 1.807) is 6.20 Å². The molecule has 0 fully saturated rings. The van der Waals surface area contributed by atoms with Crippen molar-refractivity contribution in [3.63, 3.8) is 0 Å². The van der Waals surface area contributed by atoms with E-state index in [4.69, 9.17) is 0 Å². The molecule has 0 N–H and O–H groups in total. The zero-order valence-corrected chi connectivity index (χ0v) is 8.62. The summed E-state index contributed by atoms with van der Waals surface area (Å²) in [6.45, 7) is 0. The summed E-state index contributed by atoms with van der Waals surface area (Å²) in [6.07, 6.45) is 5.64. The van der Waals surface area contributed by atoms with Gasteiger partial charge in [0.15, 0.2) is 0 Å². The lowest BCUT2D eigenvalue weighted by atomic mass is 10.2. The Hall–Kier alpha value is -2.29. The molecule has 0 aliphatic carbocycles. The largest absolute Gasteiger partial charge is 0.315 e. The van der Waals surface area contributed by atoms with Gasteiger partial charge < -0.3 is 4.57 Å². The Labute approximate surface area is 93.7 Å². The van der Waals surface area contributed by atoms with Gasteiger partial charge in [-0.05, 0) is 30.3 Å². The van der Waals surface area contributed by atoms with E-state index in [-0.39, 0.29) is 0 Å². The molecule has 0 saturated heterocycles. The van der Waals surface area contributed by atoms with Crippen molar-refractivity contribution in [3.8, 4) is 5.69 Å². The summed E-state index contributed by atoms with van der Waals surface area (Å²) in [5.74, 6) is 0. The number of hydrogen-bond donors (Lipinski definition) is 0. The Morgan fingerprint density at radius 1 is 0.938 bits per heavy atom. The van der Waals surface area contributed by atoms with Gasteiger partial charge in [-0.25, -0.2) is 0 Å². The smallest absolute Gasteiger partial charge is 0.111 e. The number of para-hydroxylation sites is 1. The zero-order chi connectivity index (χ0) is 10.8. The number of hydrogen-bond acceptors (Lipinski definition) is 1. The average Bonchev–Trinajstić information content (AvgIpc) is 3.01. The van der Waals surface area contributed by atoms with Gasteiger partial charge in [0.1, 0.15) is 5.71 Å². The van der Waals surface area contributed by atoms with E-state index in [0.29, 0.717) is 0 Å². The second-order valence-corrected chi connectivity index (χ2v) is 3.52. The van der Waals surface area contributed by atoms with E-state index in [1.165, 1.54) is 0 Å². The normalized spacial score (nSPS) is 13.6. The van der Waals surface area contributed by atoms with Crippen molar-refractivity contribution in [2.75, 3.05) is 0 Å². The second-order valence-electron chi connectivity index (χ2n) is 3.52. The molecule has 1 aromatic carbocycles. The Kier molecular flexibility index (Phi) is 2.07. The highest BCUT2D eigenvalue weighted by atomic mass is 15.3. The van der Waals surface area contributed by atoms with E-state index >= 15 is 0 Å². The number of benzene rings is 1. The van der Waals surface area contributed by atoms with Crippen molar-refractivity contribution in [2.45, 2.75) is 0 Å². The standard InChI is InChI=1S/C13H10N3/c1-2-5-11(6-3-1)16-10-4-7-13(16)12-8-9-14-15-12/h1-10H. The van der Waals surface area contributed by atoms with Gasteiger partial charge in [0.05, 0.1) is 11.9 Å². The van der Waals surface area contributed by atoms with Crippen LogP contribution in [0.2, 0.25) is 0 Å². The van der Waals surface area contributed by atoms with Crippen molar-refractivity contribution in [2.24, 2.45) is 5.10 Å². The van der Waals surface area contributed by atoms with Crippen LogP contribution in [0.25, 0.3) is 5.69 Å². The third kappa shape index (κ3) is 1.42. The van der Waals surface area contributed by atoms with E-state index in [2.05, 4.69) is 27.2 Å². The van der Waals surface area contributed by atoms with E-state index < -0.39 is 0 Å². The molecule has 1 radical (unpaired) electrons. The van der Waals surface area contributed by atoms with Crippen molar-refractivity contribution in [1.82, 2.24) is 9.99 Å².